The van der Waals surface area contributed by atoms with Crippen LogP contribution in [0.15, 0.2) is 18.5 Å². The molecule has 164 valence electrons. The summed E-state index contributed by atoms with van der Waals surface area (Å²) in [6, 6.07) is 5.55. The summed E-state index contributed by atoms with van der Waals surface area (Å²) in [5.41, 5.74) is -1.67. The van der Waals surface area contributed by atoms with Gasteiger partial charge in [-0.2, -0.15) is 10.4 Å². The molecule has 2 aromatic heterocycles. The van der Waals surface area contributed by atoms with Crippen LogP contribution in [0.5, 0.6) is 0 Å². The Bertz CT molecular complexity index is 1110. The largest absolute Gasteiger partial charge is 0.449 e. The van der Waals surface area contributed by atoms with Crippen molar-refractivity contribution in [3.63, 3.8) is 0 Å². The molecule has 2 saturated heterocycles. The molecule has 5 atom stereocenters. The number of carbonyl (C=O) groups excluding carboxylic acids is 1. The minimum absolute atomic E-state index is 0.204. The number of aliphatic hydroxyl groups excluding tert-OH is 1. The zero-order valence-corrected chi connectivity index (χ0v) is 17.5. The molecule has 11 heteroatoms. The zero-order chi connectivity index (χ0) is 22.2. The molecular formula is C20H23N5O6. The van der Waals surface area contributed by atoms with E-state index in [1.807, 2.05) is 13.8 Å². The van der Waals surface area contributed by atoms with Gasteiger partial charge in [0.05, 0.1) is 12.3 Å². The van der Waals surface area contributed by atoms with E-state index in [0.717, 1.165) is 0 Å². The van der Waals surface area contributed by atoms with Crippen LogP contribution in [0, 0.1) is 17.2 Å². The first-order valence-corrected chi connectivity index (χ1v) is 10.1. The number of rotatable bonds is 4. The van der Waals surface area contributed by atoms with E-state index in [-0.39, 0.29) is 18.3 Å². The first kappa shape index (κ1) is 20.1. The van der Waals surface area contributed by atoms with Crippen LogP contribution in [0.25, 0.3) is 5.52 Å². The lowest BCUT2D eigenvalue weighted by atomic mass is 10.0. The van der Waals surface area contributed by atoms with Gasteiger partial charge >= 0.3 is 6.09 Å². The molecule has 4 heterocycles. The number of anilines is 1. The maximum absolute atomic E-state index is 12.1. The van der Waals surface area contributed by atoms with Gasteiger partial charge in [0, 0.05) is 0 Å². The van der Waals surface area contributed by atoms with Crippen molar-refractivity contribution in [3.05, 3.63) is 24.2 Å². The molecule has 1 spiro atoms. The average molecular weight is 429 g/mol. The highest BCUT2D eigenvalue weighted by atomic mass is 16.8. The summed E-state index contributed by atoms with van der Waals surface area (Å²) >= 11 is 0. The molecule has 1 amide bonds. The molecule has 2 aromatic rings. The molecule has 31 heavy (non-hydrogen) atoms. The average Bonchev–Trinajstić information content (AvgIpc) is 3.11. The number of nitriles is 1. The number of hydrogen-bond acceptors (Lipinski definition) is 9. The molecule has 0 bridgehead atoms. The Labute approximate surface area is 177 Å². The predicted molar refractivity (Wildman–Crippen MR) is 104 cm³/mol. The number of fused-ring (bicyclic) bond motifs is 1. The lowest BCUT2D eigenvalue weighted by Crippen LogP contribution is -2.32. The summed E-state index contributed by atoms with van der Waals surface area (Å²) in [6.07, 6.45) is -1.86. The maximum atomic E-state index is 12.1. The van der Waals surface area contributed by atoms with Crippen molar-refractivity contribution in [3.8, 4) is 6.07 Å². The van der Waals surface area contributed by atoms with Gasteiger partial charge in [-0.3, -0.25) is 5.32 Å². The standard InChI is InChI=1S/C20H23N5O6/c1-10(2)7-28-17(27)24-15-12-6-5-11(25(12)23-9-22-15)13-14-20(31-18(3,4)30-14)16(26)19(20,8-21)29-13/h5-6,9-10,13-14,16,26H,7H2,1-4H3,(H,22,23,24,27)/t13-,14-,16?,19+,20+/m0/s1. The normalized spacial score (nSPS) is 34.9. The topological polar surface area (TPSA) is 140 Å². The number of carbonyl (C=O) groups is 1. The van der Waals surface area contributed by atoms with E-state index in [9.17, 15) is 15.2 Å². The maximum Gasteiger partial charge on any atom is 0.412 e. The summed E-state index contributed by atoms with van der Waals surface area (Å²) < 4.78 is 24.7. The fraction of sp³-hybridized carbons (Fsp3) is 0.600. The second-order valence-corrected chi connectivity index (χ2v) is 8.90. The quantitative estimate of drug-likeness (QED) is 0.740. The van der Waals surface area contributed by atoms with Crippen LogP contribution in [-0.2, 0) is 18.9 Å². The molecule has 2 aliphatic heterocycles. The van der Waals surface area contributed by atoms with E-state index in [0.29, 0.717) is 11.2 Å². The molecule has 1 saturated carbocycles. The van der Waals surface area contributed by atoms with Gasteiger partial charge in [-0.25, -0.2) is 14.3 Å². The van der Waals surface area contributed by atoms with E-state index in [4.69, 9.17) is 18.9 Å². The summed E-state index contributed by atoms with van der Waals surface area (Å²) in [5, 5.41) is 27.1. The molecule has 3 fully saturated rings. The Balaban J connectivity index is 1.47. The van der Waals surface area contributed by atoms with E-state index in [2.05, 4.69) is 21.5 Å². The molecule has 1 unspecified atom stereocenters. The third kappa shape index (κ3) is 2.62. The predicted octanol–water partition coefficient (Wildman–Crippen LogP) is 1.53. The van der Waals surface area contributed by atoms with Gasteiger partial charge < -0.3 is 24.1 Å². The van der Waals surface area contributed by atoms with Crippen LogP contribution in [0.2, 0.25) is 0 Å². The van der Waals surface area contributed by atoms with Gasteiger partial charge in [0.15, 0.2) is 17.2 Å². The van der Waals surface area contributed by atoms with Gasteiger partial charge in [-0.1, -0.05) is 13.8 Å². The third-order valence-corrected chi connectivity index (χ3v) is 5.83. The SMILES string of the molecule is CC(C)COC(=O)Nc1ncnn2c([C@@H]3O[C@]4(C#N)C(O)[C@@]45OC(C)(C)O[C@@H]35)ccc12. The van der Waals surface area contributed by atoms with Gasteiger partial charge in [-0.05, 0) is 31.9 Å². The van der Waals surface area contributed by atoms with E-state index in [1.165, 1.54) is 6.33 Å². The van der Waals surface area contributed by atoms with Crippen molar-refractivity contribution in [1.29, 1.82) is 5.26 Å². The lowest BCUT2D eigenvalue weighted by Gasteiger charge is -2.23. The third-order valence-electron chi connectivity index (χ3n) is 5.83. The van der Waals surface area contributed by atoms with Gasteiger partial charge in [-0.15, -0.1) is 0 Å². The number of ether oxygens (including phenoxy) is 4. The number of aromatic nitrogens is 3. The van der Waals surface area contributed by atoms with Crippen LogP contribution in [0.4, 0.5) is 10.6 Å². The number of hydrogen-bond donors (Lipinski definition) is 2. The van der Waals surface area contributed by atoms with E-state index in [1.54, 1.807) is 30.5 Å². The molecule has 3 aliphatic rings. The first-order valence-electron chi connectivity index (χ1n) is 10.1. The van der Waals surface area contributed by atoms with Gasteiger partial charge in [0.1, 0.15) is 36.2 Å². The fourth-order valence-corrected chi connectivity index (χ4v) is 4.54. The second-order valence-electron chi connectivity index (χ2n) is 8.90. The van der Waals surface area contributed by atoms with Crippen molar-refractivity contribution < 1.29 is 28.8 Å². The molecule has 5 rings (SSSR count). The summed E-state index contributed by atoms with van der Waals surface area (Å²) in [4.78, 5) is 16.2. The van der Waals surface area contributed by atoms with Crippen molar-refractivity contribution in [2.75, 3.05) is 11.9 Å². The van der Waals surface area contributed by atoms with Crippen molar-refractivity contribution in [2.45, 2.75) is 63.0 Å². The lowest BCUT2D eigenvalue weighted by molar-refractivity contribution is -0.182. The molecule has 0 radical (unpaired) electrons. The summed E-state index contributed by atoms with van der Waals surface area (Å²) in [6.45, 7) is 7.62. The Hall–Kier alpha value is -2.78. The Morgan fingerprint density at radius 3 is 2.90 bits per heavy atom. The van der Waals surface area contributed by atoms with Crippen LogP contribution >= 0.6 is 0 Å². The first-order chi connectivity index (χ1) is 14.6. The highest BCUT2D eigenvalue weighted by Gasteiger charge is 2.93. The molecule has 0 aromatic carbocycles. The highest BCUT2D eigenvalue weighted by molar-refractivity contribution is 5.88. The Morgan fingerprint density at radius 2 is 2.19 bits per heavy atom. The van der Waals surface area contributed by atoms with Gasteiger partial charge in [0.25, 0.3) is 0 Å². The van der Waals surface area contributed by atoms with Crippen LogP contribution < -0.4 is 5.32 Å². The summed E-state index contributed by atoms with van der Waals surface area (Å²) in [5.74, 6) is -0.511. The molecule has 2 N–H and O–H groups in total. The van der Waals surface area contributed by atoms with Crippen molar-refractivity contribution in [2.24, 2.45) is 5.92 Å². The Morgan fingerprint density at radius 1 is 1.42 bits per heavy atom. The van der Waals surface area contributed by atoms with Gasteiger partial charge in [0.2, 0.25) is 5.60 Å². The van der Waals surface area contributed by atoms with Crippen LogP contribution in [-0.4, -0.2) is 61.6 Å². The number of aliphatic hydroxyl groups is 1. The van der Waals surface area contributed by atoms with Crippen molar-refractivity contribution in [1.82, 2.24) is 14.6 Å². The molecule has 1 aliphatic carbocycles. The van der Waals surface area contributed by atoms with E-state index >= 15 is 0 Å². The monoisotopic (exact) mass is 429 g/mol. The molecule has 11 nitrogen and oxygen atoms in total. The highest BCUT2D eigenvalue weighted by Crippen LogP contribution is 2.70. The zero-order valence-electron chi connectivity index (χ0n) is 17.5. The Kier molecular flexibility index (Phi) is 4.14. The minimum Gasteiger partial charge on any atom is -0.449 e. The number of nitrogens with zero attached hydrogens (tertiary/aromatic N) is 4. The summed E-state index contributed by atoms with van der Waals surface area (Å²) in [7, 11) is 0. The van der Waals surface area contributed by atoms with E-state index < -0.39 is 41.4 Å². The minimum atomic E-state index is -1.50. The fourth-order valence-electron chi connectivity index (χ4n) is 4.54. The van der Waals surface area contributed by atoms with Crippen molar-refractivity contribution >= 4 is 17.4 Å². The number of nitrogens with one attached hydrogen (secondary N) is 1. The van der Waals surface area contributed by atoms with Crippen LogP contribution in [0.3, 0.4) is 0 Å². The number of amides is 1. The van der Waals surface area contributed by atoms with Crippen LogP contribution in [0.1, 0.15) is 39.5 Å². The smallest absolute Gasteiger partial charge is 0.412 e. The second kappa shape index (κ2) is 6.37. The molecular weight excluding hydrogens is 406 g/mol.